The number of carbonyl (C=O) groups excluding carboxylic acids is 1. The maximum Gasteiger partial charge on any atom is 0.339 e. The van der Waals surface area contributed by atoms with E-state index in [9.17, 15) is 13.2 Å². The fraction of sp³-hybridized carbons (Fsp3) is 0.429. The van der Waals surface area contributed by atoms with E-state index >= 15 is 0 Å². The number of morpholine rings is 1. The van der Waals surface area contributed by atoms with Crippen molar-refractivity contribution in [1.29, 1.82) is 0 Å². The summed E-state index contributed by atoms with van der Waals surface area (Å²) in [5, 5.41) is 0. The molecule has 2 aromatic rings. The van der Waals surface area contributed by atoms with Gasteiger partial charge in [-0.25, -0.2) is 18.2 Å². The first-order valence-electron chi connectivity index (χ1n) is 9.85. The van der Waals surface area contributed by atoms with Crippen molar-refractivity contribution in [3.05, 3.63) is 53.7 Å². The molecule has 162 valence electrons. The first-order chi connectivity index (χ1) is 14.4. The Kier molecular flexibility index (Phi) is 7.41. The van der Waals surface area contributed by atoms with Gasteiger partial charge in [-0.2, -0.15) is 4.31 Å². The minimum atomic E-state index is -3.84. The van der Waals surface area contributed by atoms with Crippen LogP contribution in [-0.2, 0) is 25.9 Å². The molecule has 9 heteroatoms. The van der Waals surface area contributed by atoms with Gasteiger partial charge in [0.05, 0.1) is 25.9 Å². The highest BCUT2D eigenvalue weighted by Crippen LogP contribution is 2.27. The third kappa shape index (κ3) is 5.16. The van der Waals surface area contributed by atoms with Gasteiger partial charge in [-0.1, -0.05) is 30.3 Å². The summed E-state index contributed by atoms with van der Waals surface area (Å²) in [6.45, 7) is 1.83. The van der Waals surface area contributed by atoms with Crippen LogP contribution in [0.3, 0.4) is 0 Å². The molecule has 8 nitrogen and oxygen atoms in total. The Morgan fingerprint density at radius 2 is 1.93 bits per heavy atom. The fourth-order valence-electron chi connectivity index (χ4n) is 3.34. The molecule has 0 spiro atoms. The average Bonchev–Trinajstić information content (AvgIpc) is 2.79. The highest BCUT2D eigenvalue weighted by Gasteiger charge is 2.31. The van der Waals surface area contributed by atoms with E-state index in [0.29, 0.717) is 25.6 Å². The Bertz CT molecular complexity index is 960. The summed E-state index contributed by atoms with van der Waals surface area (Å²) in [5.41, 5.74) is 1.33. The second-order valence-corrected chi connectivity index (χ2v) is 8.97. The number of ether oxygens (including phenoxy) is 2. The first kappa shape index (κ1) is 22.2. The van der Waals surface area contributed by atoms with Gasteiger partial charge in [0, 0.05) is 32.9 Å². The molecule has 1 aliphatic heterocycles. The minimum absolute atomic E-state index is 0.00881. The quantitative estimate of drug-likeness (QED) is 0.588. The number of sulfonamides is 1. The lowest BCUT2D eigenvalue weighted by molar-refractivity contribution is 0.0600. The number of methoxy groups -OCH3 is 1. The van der Waals surface area contributed by atoms with Gasteiger partial charge in [0.15, 0.2) is 0 Å². The average molecular weight is 434 g/mol. The first-order valence-corrected chi connectivity index (χ1v) is 11.3. The van der Waals surface area contributed by atoms with Crippen molar-refractivity contribution in [3.63, 3.8) is 0 Å². The summed E-state index contributed by atoms with van der Waals surface area (Å²) < 4.78 is 38.0. The number of rotatable bonds is 8. The van der Waals surface area contributed by atoms with Crippen LogP contribution >= 0.6 is 0 Å². The second kappa shape index (κ2) is 10.0. The molecule has 0 atom stereocenters. The van der Waals surface area contributed by atoms with E-state index in [1.54, 1.807) is 0 Å². The number of hydrogen-bond acceptors (Lipinski definition) is 7. The molecule has 1 saturated heterocycles. The number of benzene rings is 1. The van der Waals surface area contributed by atoms with E-state index in [1.165, 1.54) is 29.2 Å². The molecule has 30 heavy (non-hydrogen) atoms. The molecule has 0 radical (unpaired) electrons. The molecule has 1 aromatic heterocycles. The summed E-state index contributed by atoms with van der Waals surface area (Å²) in [6.07, 6.45) is 3.06. The Balaban J connectivity index is 1.85. The number of aromatic nitrogens is 1. The Hall–Kier alpha value is -2.49. The molecule has 3 rings (SSSR count). The maximum atomic E-state index is 13.3. The molecule has 0 aliphatic carbocycles. The van der Waals surface area contributed by atoms with E-state index in [4.69, 9.17) is 9.47 Å². The molecule has 0 N–H and O–H groups in total. The minimum Gasteiger partial charge on any atom is -0.465 e. The fourth-order valence-corrected chi connectivity index (χ4v) is 4.96. The molecule has 1 fully saturated rings. The van der Waals surface area contributed by atoms with Gasteiger partial charge in [0.2, 0.25) is 10.0 Å². The highest BCUT2D eigenvalue weighted by atomic mass is 32.2. The van der Waals surface area contributed by atoms with Crippen LogP contribution in [0.25, 0.3) is 0 Å². The van der Waals surface area contributed by atoms with Crippen LogP contribution < -0.4 is 4.90 Å². The van der Waals surface area contributed by atoms with Crippen LogP contribution in [0.1, 0.15) is 22.3 Å². The zero-order valence-electron chi connectivity index (χ0n) is 17.3. The van der Waals surface area contributed by atoms with E-state index in [-0.39, 0.29) is 23.5 Å². The van der Waals surface area contributed by atoms with Crippen LogP contribution in [-0.4, -0.2) is 70.7 Å². The Morgan fingerprint density at radius 3 is 2.60 bits per heavy atom. The third-order valence-corrected chi connectivity index (χ3v) is 6.91. The summed E-state index contributed by atoms with van der Waals surface area (Å²) >= 11 is 0. The molecule has 0 saturated carbocycles. The van der Waals surface area contributed by atoms with Gasteiger partial charge >= 0.3 is 5.97 Å². The third-order valence-electron chi connectivity index (χ3n) is 5.01. The molecular weight excluding hydrogens is 406 g/mol. The molecule has 0 unspecified atom stereocenters. The Labute approximate surface area is 177 Å². The van der Waals surface area contributed by atoms with E-state index in [2.05, 4.69) is 17.1 Å². The smallest absolute Gasteiger partial charge is 0.339 e. The van der Waals surface area contributed by atoms with Gasteiger partial charge in [-0.15, -0.1) is 0 Å². The van der Waals surface area contributed by atoms with Gasteiger partial charge in [0.25, 0.3) is 0 Å². The SMILES string of the molecule is COC(=O)c1cnc(N(C)CCCc2ccccc2)c(S(=O)(=O)N2CCOCC2)c1. The van der Waals surface area contributed by atoms with Crippen molar-refractivity contribution in [1.82, 2.24) is 9.29 Å². The van der Waals surface area contributed by atoms with Crippen molar-refractivity contribution in [2.24, 2.45) is 0 Å². The lowest BCUT2D eigenvalue weighted by Crippen LogP contribution is -2.41. The lowest BCUT2D eigenvalue weighted by atomic mass is 10.1. The van der Waals surface area contributed by atoms with Crippen LogP contribution in [0.4, 0.5) is 5.82 Å². The number of hydrogen-bond donors (Lipinski definition) is 0. The highest BCUT2D eigenvalue weighted by molar-refractivity contribution is 7.89. The lowest BCUT2D eigenvalue weighted by Gasteiger charge is -2.28. The van der Waals surface area contributed by atoms with E-state index < -0.39 is 16.0 Å². The van der Waals surface area contributed by atoms with Crippen LogP contribution in [0.2, 0.25) is 0 Å². The number of nitrogens with zero attached hydrogens (tertiary/aromatic N) is 3. The molecular formula is C21H27N3O5S. The summed E-state index contributed by atoms with van der Waals surface area (Å²) in [5.74, 6) is -0.304. The number of pyridine rings is 1. The molecule has 1 aliphatic rings. The Morgan fingerprint density at radius 1 is 1.23 bits per heavy atom. The monoisotopic (exact) mass is 433 g/mol. The number of carbonyl (C=O) groups is 1. The molecule has 0 amide bonds. The van der Waals surface area contributed by atoms with E-state index in [0.717, 1.165) is 12.8 Å². The van der Waals surface area contributed by atoms with E-state index in [1.807, 2.05) is 30.1 Å². The van der Waals surface area contributed by atoms with Gasteiger partial charge in [0.1, 0.15) is 10.7 Å². The number of esters is 1. The molecule has 2 heterocycles. The zero-order chi connectivity index (χ0) is 21.6. The summed E-state index contributed by atoms with van der Waals surface area (Å²) in [7, 11) is -0.777. The van der Waals surface area contributed by atoms with Crippen molar-refractivity contribution in [2.45, 2.75) is 17.7 Å². The van der Waals surface area contributed by atoms with Crippen LogP contribution in [0, 0.1) is 0 Å². The topological polar surface area (TPSA) is 89.0 Å². The van der Waals surface area contributed by atoms with Gasteiger partial charge in [-0.3, -0.25) is 0 Å². The van der Waals surface area contributed by atoms with Crippen molar-refractivity contribution < 1.29 is 22.7 Å². The van der Waals surface area contributed by atoms with Gasteiger partial charge in [-0.05, 0) is 24.5 Å². The predicted molar refractivity (Wildman–Crippen MR) is 113 cm³/mol. The second-order valence-electron chi connectivity index (χ2n) is 7.06. The predicted octanol–water partition coefficient (Wildman–Crippen LogP) is 1.96. The van der Waals surface area contributed by atoms with Crippen molar-refractivity contribution in [2.75, 3.05) is 51.9 Å². The summed E-state index contributed by atoms with van der Waals surface area (Å²) in [6, 6.07) is 11.5. The maximum absolute atomic E-state index is 13.3. The van der Waals surface area contributed by atoms with Crippen LogP contribution in [0.15, 0.2) is 47.5 Å². The zero-order valence-corrected chi connectivity index (χ0v) is 18.1. The summed E-state index contributed by atoms with van der Waals surface area (Å²) in [4.78, 5) is 18.1. The van der Waals surface area contributed by atoms with Crippen LogP contribution in [0.5, 0.6) is 0 Å². The largest absolute Gasteiger partial charge is 0.465 e. The van der Waals surface area contributed by atoms with Crippen molar-refractivity contribution >= 4 is 21.8 Å². The molecule has 1 aromatic carbocycles. The number of anilines is 1. The van der Waals surface area contributed by atoms with Crippen molar-refractivity contribution in [3.8, 4) is 0 Å². The normalized spacial score (nSPS) is 15.0. The standard InChI is InChI=1S/C21H27N3O5S/c1-23(10-6-9-17-7-4-3-5-8-17)20-19(15-18(16-22-20)21(25)28-2)30(26,27)24-11-13-29-14-12-24/h3-5,7-8,15-16H,6,9-14H2,1-2H3. The number of aryl methyl sites for hydroxylation is 1. The molecule has 0 bridgehead atoms. The van der Waals surface area contributed by atoms with Gasteiger partial charge < -0.3 is 14.4 Å².